The third kappa shape index (κ3) is 5.39. The predicted octanol–water partition coefficient (Wildman–Crippen LogP) is 5.65. The Morgan fingerprint density at radius 2 is 1.88 bits per heavy atom. The maximum absolute atomic E-state index is 13.4. The number of rotatable bonds is 8. The van der Waals surface area contributed by atoms with Crippen LogP contribution in [0.5, 0.6) is 5.75 Å². The maximum Gasteiger partial charge on any atom is 0.304 e. The normalized spacial score (nSPS) is 12.5. The Morgan fingerprint density at radius 3 is 2.58 bits per heavy atom. The second kappa shape index (κ2) is 10.0. The number of aromatic amines is 1. The van der Waals surface area contributed by atoms with Crippen molar-refractivity contribution >= 4 is 16.9 Å². The van der Waals surface area contributed by atoms with Crippen molar-refractivity contribution in [2.75, 3.05) is 0 Å². The molecule has 0 spiro atoms. The largest absolute Gasteiger partial charge is 0.485 e. The summed E-state index contributed by atoms with van der Waals surface area (Å²) < 4.78 is 19.8. The van der Waals surface area contributed by atoms with E-state index in [1.165, 1.54) is 12.1 Å². The highest BCUT2D eigenvalue weighted by molar-refractivity contribution is 5.82. The molecule has 1 aromatic heterocycles. The number of halogens is 1. The van der Waals surface area contributed by atoms with Crippen molar-refractivity contribution in [3.05, 3.63) is 95.4 Å². The number of hydrogen-bond donors (Lipinski definition) is 2. The first-order valence-corrected chi connectivity index (χ1v) is 10.6. The van der Waals surface area contributed by atoms with E-state index in [1.807, 2.05) is 42.5 Å². The van der Waals surface area contributed by atoms with E-state index in [1.54, 1.807) is 25.3 Å². The van der Waals surface area contributed by atoms with Crippen LogP contribution in [0.4, 0.5) is 4.39 Å². The molecule has 0 fully saturated rings. The highest BCUT2D eigenvalue weighted by Crippen LogP contribution is 2.31. The fourth-order valence-electron chi connectivity index (χ4n) is 3.87. The highest BCUT2D eigenvalue weighted by Gasteiger charge is 2.19. The quantitative estimate of drug-likeness (QED) is 0.346. The molecule has 0 aliphatic carbocycles. The first-order chi connectivity index (χ1) is 16.0. The molecule has 4 aromatic rings. The van der Waals surface area contributed by atoms with E-state index in [4.69, 9.17) is 4.74 Å². The molecule has 4 rings (SSSR count). The first-order valence-electron chi connectivity index (χ1n) is 10.6. The molecular weight excluding hydrogens is 419 g/mol. The van der Waals surface area contributed by atoms with Gasteiger partial charge in [-0.1, -0.05) is 42.3 Å². The van der Waals surface area contributed by atoms with Gasteiger partial charge in [-0.25, -0.2) is 4.39 Å². The molecule has 0 aliphatic heterocycles. The number of carboxylic acid groups (broad SMARTS) is 1. The monoisotopic (exact) mass is 442 g/mol. The van der Waals surface area contributed by atoms with Crippen LogP contribution < -0.4 is 4.74 Å². The van der Waals surface area contributed by atoms with Crippen molar-refractivity contribution in [3.8, 4) is 17.6 Å². The number of fused-ring (bicyclic) bond motifs is 1. The summed E-state index contributed by atoms with van der Waals surface area (Å²) in [4.78, 5) is 11.2. The fraction of sp³-hybridized carbons (Fsp3) is 0.185. The number of hydrogen-bond acceptors (Lipinski definition) is 3. The van der Waals surface area contributed by atoms with Crippen molar-refractivity contribution in [1.82, 2.24) is 10.2 Å². The standard InChI is InChI=1S/C27H23FN2O3/c1-2-4-20(16-27(31)32)19-9-13-22(14-10-19)33-26(15-18-7-11-21(28)12-8-18)23-5-3-6-25-24(23)17-29-30-25/h3,5-14,17,20,26H,15-16H2,1H3,(H,29,30)(H,31,32)/t20?,26-/m0/s1. The number of H-pyrrole nitrogens is 1. The average Bonchev–Trinajstić information content (AvgIpc) is 3.29. The van der Waals surface area contributed by atoms with Crippen LogP contribution in [0.2, 0.25) is 0 Å². The van der Waals surface area contributed by atoms with Gasteiger partial charge in [-0.3, -0.25) is 9.89 Å². The number of nitrogens with one attached hydrogen (secondary N) is 1. The molecule has 2 N–H and O–H groups in total. The van der Waals surface area contributed by atoms with Gasteiger partial charge in [0, 0.05) is 17.4 Å². The number of aliphatic carboxylic acids is 1. The van der Waals surface area contributed by atoms with Crippen LogP contribution in [0.25, 0.3) is 10.9 Å². The molecule has 0 aliphatic rings. The minimum atomic E-state index is -0.893. The van der Waals surface area contributed by atoms with Gasteiger partial charge in [-0.05, 0) is 48.4 Å². The summed E-state index contributed by atoms with van der Waals surface area (Å²) in [5.41, 5.74) is 3.64. The zero-order valence-electron chi connectivity index (χ0n) is 18.1. The van der Waals surface area contributed by atoms with Crippen molar-refractivity contribution in [3.63, 3.8) is 0 Å². The SMILES string of the molecule is CC#CC(CC(=O)O)c1ccc(O[C@@H](Cc2ccc(F)cc2)c2cccc3[nH]ncc23)cc1. The zero-order valence-corrected chi connectivity index (χ0v) is 18.1. The van der Waals surface area contributed by atoms with Crippen LogP contribution >= 0.6 is 0 Å². The molecule has 0 saturated heterocycles. The first kappa shape index (κ1) is 22.1. The summed E-state index contributed by atoms with van der Waals surface area (Å²) in [5.74, 6) is 4.85. The van der Waals surface area contributed by atoms with Crippen molar-refractivity contribution < 1.29 is 19.0 Å². The van der Waals surface area contributed by atoms with Crippen LogP contribution in [-0.2, 0) is 11.2 Å². The Bertz CT molecular complexity index is 1300. The summed E-state index contributed by atoms with van der Waals surface area (Å²) in [6.45, 7) is 1.70. The molecule has 2 atom stereocenters. The zero-order chi connectivity index (χ0) is 23.2. The Balaban J connectivity index is 1.63. The van der Waals surface area contributed by atoms with Gasteiger partial charge in [0.25, 0.3) is 0 Å². The van der Waals surface area contributed by atoms with Gasteiger partial charge in [0.15, 0.2) is 0 Å². The van der Waals surface area contributed by atoms with Gasteiger partial charge in [-0.2, -0.15) is 5.10 Å². The molecule has 0 saturated carbocycles. The Kier molecular flexibility index (Phi) is 6.70. The number of carboxylic acids is 1. The van der Waals surface area contributed by atoms with Crippen LogP contribution in [-0.4, -0.2) is 21.3 Å². The lowest BCUT2D eigenvalue weighted by Gasteiger charge is -2.21. The second-order valence-corrected chi connectivity index (χ2v) is 7.73. The number of carbonyl (C=O) groups is 1. The lowest BCUT2D eigenvalue weighted by Crippen LogP contribution is -2.12. The minimum absolute atomic E-state index is 0.0588. The van der Waals surface area contributed by atoms with Crippen molar-refractivity contribution in [2.24, 2.45) is 0 Å². The number of aromatic nitrogens is 2. The highest BCUT2D eigenvalue weighted by atomic mass is 19.1. The Hall–Kier alpha value is -4.11. The molecule has 1 unspecified atom stereocenters. The van der Waals surface area contributed by atoms with Gasteiger partial charge in [0.05, 0.1) is 24.1 Å². The summed E-state index contributed by atoms with van der Waals surface area (Å²) in [5, 5.41) is 17.3. The fourth-order valence-corrected chi connectivity index (χ4v) is 3.87. The molecule has 33 heavy (non-hydrogen) atoms. The molecule has 166 valence electrons. The number of benzene rings is 3. The molecular formula is C27H23FN2O3. The van der Waals surface area contributed by atoms with Crippen LogP contribution in [0.1, 0.15) is 42.1 Å². The van der Waals surface area contributed by atoms with E-state index in [9.17, 15) is 14.3 Å². The number of ether oxygens (including phenoxy) is 1. The average molecular weight is 442 g/mol. The third-order valence-corrected chi connectivity index (χ3v) is 5.46. The minimum Gasteiger partial charge on any atom is -0.485 e. The van der Waals surface area contributed by atoms with E-state index in [-0.39, 0.29) is 24.3 Å². The summed E-state index contributed by atoms with van der Waals surface area (Å²) in [6.07, 6.45) is 1.91. The third-order valence-electron chi connectivity index (χ3n) is 5.46. The smallest absolute Gasteiger partial charge is 0.304 e. The van der Waals surface area contributed by atoms with Gasteiger partial charge >= 0.3 is 5.97 Å². The maximum atomic E-state index is 13.4. The molecule has 0 radical (unpaired) electrons. The molecule has 1 heterocycles. The van der Waals surface area contributed by atoms with Crippen LogP contribution in [0.3, 0.4) is 0 Å². The van der Waals surface area contributed by atoms with E-state index in [2.05, 4.69) is 22.0 Å². The Labute approximate surface area is 191 Å². The molecule has 6 heteroatoms. The van der Waals surface area contributed by atoms with E-state index < -0.39 is 5.97 Å². The van der Waals surface area contributed by atoms with E-state index in [0.717, 1.165) is 27.6 Å². The second-order valence-electron chi connectivity index (χ2n) is 7.73. The molecule has 3 aromatic carbocycles. The summed E-state index contributed by atoms with van der Waals surface area (Å²) in [6, 6.07) is 19.6. The van der Waals surface area contributed by atoms with E-state index >= 15 is 0 Å². The van der Waals surface area contributed by atoms with Gasteiger partial charge < -0.3 is 9.84 Å². The molecule has 5 nitrogen and oxygen atoms in total. The number of nitrogens with zero attached hydrogens (tertiary/aromatic N) is 1. The topological polar surface area (TPSA) is 75.2 Å². The lowest BCUT2D eigenvalue weighted by atomic mass is 9.96. The van der Waals surface area contributed by atoms with Crippen molar-refractivity contribution in [2.45, 2.75) is 31.8 Å². The Morgan fingerprint density at radius 1 is 1.12 bits per heavy atom. The van der Waals surface area contributed by atoms with Gasteiger partial charge in [0.1, 0.15) is 17.7 Å². The predicted molar refractivity (Wildman–Crippen MR) is 124 cm³/mol. The van der Waals surface area contributed by atoms with Crippen molar-refractivity contribution in [1.29, 1.82) is 0 Å². The van der Waals surface area contributed by atoms with Crippen LogP contribution in [0.15, 0.2) is 72.9 Å². The van der Waals surface area contributed by atoms with Gasteiger partial charge in [-0.15, -0.1) is 5.92 Å². The lowest BCUT2D eigenvalue weighted by molar-refractivity contribution is -0.137. The molecule has 0 bridgehead atoms. The van der Waals surface area contributed by atoms with Crippen LogP contribution in [0, 0.1) is 17.7 Å². The summed E-state index contributed by atoms with van der Waals surface area (Å²) in [7, 11) is 0. The molecule has 0 amide bonds. The summed E-state index contributed by atoms with van der Waals surface area (Å²) >= 11 is 0. The van der Waals surface area contributed by atoms with Gasteiger partial charge in [0.2, 0.25) is 0 Å². The van der Waals surface area contributed by atoms with E-state index in [0.29, 0.717) is 12.2 Å².